The van der Waals surface area contributed by atoms with E-state index in [2.05, 4.69) is 22.9 Å². The van der Waals surface area contributed by atoms with Crippen molar-refractivity contribution in [1.82, 2.24) is 0 Å². The summed E-state index contributed by atoms with van der Waals surface area (Å²) in [5.74, 6) is -0.509. The lowest BCUT2D eigenvalue weighted by molar-refractivity contribution is -0.132. The fraction of sp³-hybridized carbons (Fsp3) is 0.241. The number of benzene rings is 3. The zero-order valence-electron chi connectivity index (χ0n) is 20.5. The number of rotatable bonds is 8. The Morgan fingerprint density at radius 1 is 1.03 bits per heavy atom. The van der Waals surface area contributed by atoms with Gasteiger partial charge in [-0.1, -0.05) is 44.2 Å². The van der Waals surface area contributed by atoms with Gasteiger partial charge < -0.3 is 14.6 Å². The van der Waals surface area contributed by atoms with Gasteiger partial charge in [0.05, 0.1) is 29.8 Å². The Hall–Kier alpha value is -3.58. The predicted octanol–water partition coefficient (Wildman–Crippen LogP) is 6.44. The summed E-state index contributed by atoms with van der Waals surface area (Å²) in [4.78, 5) is 28.2. The van der Waals surface area contributed by atoms with Gasteiger partial charge in [-0.15, -0.1) is 0 Å². The SMILES string of the molecule is CCCOc1cccc(N2C(=O)C(=O)/C(=C(/O)c3ccc(OC)c(Br)c3)C2c2ccc(CC)cc2)c1. The Bertz CT molecular complexity index is 1320. The van der Waals surface area contributed by atoms with Crippen LogP contribution in [0.15, 0.2) is 76.8 Å². The number of hydrogen-bond acceptors (Lipinski definition) is 5. The second-order valence-electron chi connectivity index (χ2n) is 8.46. The Morgan fingerprint density at radius 2 is 1.78 bits per heavy atom. The number of ketones is 1. The fourth-order valence-electron chi connectivity index (χ4n) is 4.26. The maximum Gasteiger partial charge on any atom is 0.300 e. The number of aliphatic hydroxyl groups excluding tert-OH is 1. The first-order valence-electron chi connectivity index (χ1n) is 11.9. The number of Topliss-reactive ketones (excluding diaryl/α,β-unsaturated/α-hetero) is 1. The molecule has 186 valence electrons. The van der Waals surface area contributed by atoms with Gasteiger partial charge in [0.2, 0.25) is 0 Å². The molecule has 1 heterocycles. The molecular weight excluding hydrogens is 522 g/mol. The summed E-state index contributed by atoms with van der Waals surface area (Å²) < 4.78 is 11.7. The monoisotopic (exact) mass is 549 g/mol. The third-order valence-electron chi connectivity index (χ3n) is 6.14. The third kappa shape index (κ3) is 4.88. The third-order valence-corrected chi connectivity index (χ3v) is 6.76. The first kappa shape index (κ1) is 25.5. The van der Waals surface area contributed by atoms with E-state index in [9.17, 15) is 14.7 Å². The van der Waals surface area contributed by atoms with E-state index < -0.39 is 17.7 Å². The van der Waals surface area contributed by atoms with Crippen molar-refractivity contribution >= 4 is 39.1 Å². The number of ether oxygens (including phenoxy) is 2. The molecule has 3 aromatic carbocycles. The van der Waals surface area contributed by atoms with Crippen LogP contribution >= 0.6 is 15.9 Å². The number of carbonyl (C=O) groups excluding carboxylic acids is 2. The van der Waals surface area contributed by atoms with Crippen LogP contribution in [0.1, 0.15) is 43.0 Å². The average Bonchev–Trinajstić information content (AvgIpc) is 3.17. The van der Waals surface area contributed by atoms with Crippen molar-refractivity contribution in [2.45, 2.75) is 32.7 Å². The van der Waals surface area contributed by atoms with Crippen molar-refractivity contribution in [1.29, 1.82) is 0 Å². The van der Waals surface area contributed by atoms with Gasteiger partial charge in [-0.3, -0.25) is 14.5 Å². The topological polar surface area (TPSA) is 76.1 Å². The Kier molecular flexibility index (Phi) is 7.79. The van der Waals surface area contributed by atoms with Gasteiger partial charge in [0.25, 0.3) is 11.7 Å². The second-order valence-corrected chi connectivity index (χ2v) is 9.31. The molecule has 4 rings (SSSR count). The maximum atomic E-state index is 13.4. The van der Waals surface area contributed by atoms with Crippen LogP contribution in [0.3, 0.4) is 0 Å². The first-order chi connectivity index (χ1) is 17.4. The Morgan fingerprint density at radius 3 is 2.42 bits per heavy atom. The highest BCUT2D eigenvalue weighted by Crippen LogP contribution is 2.43. The number of anilines is 1. The summed E-state index contributed by atoms with van der Waals surface area (Å²) in [6.07, 6.45) is 1.70. The number of halogens is 1. The molecule has 0 spiro atoms. The number of methoxy groups -OCH3 is 1. The first-order valence-corrected chi connectivity index (χ1v) is 12.7. The summed E-state index contributed by atoms with van der Waals surface area (Å²) in [7, 11) is 1.55. The molecule has 0 radical (unpaired) electrons. The molecule has 1 fully saturated rings. The molecule has 7 heteroatoms. The number of hydrogen-bond donors (Lipinski definition) is 1. The van der Waals surface area contributed by atoms with E-state index in [1.807, 2.05) is 37.3 Å². The van der Waals surface area contributed by atoms with Crippen molar-refractivity contribution < 1.29 is 24.2 Å². The van der Waals surface area contributed by atoms with Crippen LogP contribution in [-0.2, 0) is 16.0 Å². The van der Waals surface area contributed by atoms with Crippen LogP contribution < -0.4 is 14.4 Å². The van der Waals surface area contributed by atoms with Crippen molar-refractivity contribution in [3.05, 3.63) is 93.5 Å². The molecule has 1 aliphatic rings. The summed E-state index contributed by atoms with van der Waals surface area (Å²) >= 11 is 3.43. The van der Waals surface area contributed by atoms with Gasteiger partial charge in [-0.25, -0.2) is 0 Å². The van der Waals surface area contributed by atoms with Gasteiger partial charge in [0, 0.05) is 17.3 Å². The lowest BCUT2D eigenvalue weighted by Gasteiger charge is -2.26. The van der Waals surface area contributed by atoms with Crippen LogP contribution in [0.25, 0.3) is 5.76 Å². The molecule has 3 aromatic rings. The Labute approximate surface area is 219 Å². The lowest BCUT2D eigenvalue weighted by Crippen LogP contribution is -2.29. The average molecular weight is 550 g/mol. The summed E-state index contributed by atoms with van der Waals surface area (Å²) in [6.45, 7) is 4.61. The predicted molar refractivity (Wildman–Crippen MR) is 144 cm³/mol. The van der Waals surface area contributed by atoms with Crippen molar-refractivity contribution in [3.8, 4) is 11.5 Å². The normalized spacial score (nSPS) is 16.9. The van der Waals surface area contributed by atoms with Crippen molar-refractivity contribution in [3.63, 3.8) is 0 Å². The van der Waals surface area contributed by atoms with E-state index in [0.717, 1.165) is 24.0 Å². The molecule has 1 atom stereocenters. The highest BCUT2D eigenvalue weighted by atomic mass is 79.9. The number of aliphatic hydroxyl groups is 1. The maximum absolute atomic E-state index is 13.4. The minimum atomic E-state index is -0.807. The largest absolute Gasteiger partial charge is 0.507 e. The molecule has 1 saturated heterocycles. The molecule has 0 saturated carbocycles. The minimum Gasteiger partial charge on any atom is -0.507 e. The lowest BCUT2D eigenvalue weighted by atomic mass is 9.94. The smallest absolute Gasteiger partial charge is 0.300 e. The number of carbonyl (C=O) groups is 2. The van der Waals surface area contributed by atoms with E-state index in [4.69, 9.17) is 9.47 Å². The zero-order chi connectivity index (χ0) is 25.8. The second kappa shape index (κ2) is 11.0. The van der Waals surface area contributed by atoms with Crippen LogP contribution in [0.4, 0.5) is 5.69 Å². The molecule has 1 aliphatic heterocycles. The molecule has 1 unspecified atom stereocenters. The number of aryl methyl sites for hydroxylation is 1. The van der Waals surface area contributed by atoms with Crippen LogP contribution in [0.2, 0.25) is 0 Å². The minimum absolute atomic E-state index is 0.0289. The van der Waals surface area contributed by atoms with Gasteiger partial charge in [0.1, 0.15) is 17.3 Å². The highest BCUT2D eigenvalue weighted by Gasteiger charge is 2.47. The van der Waals surface area contributed by atoms with E-state index in [0.29, 0.717) is 33.8 Å². The van der Waals surface area contributed by atoms with Gasteiger partial charge >= 0.3 is 0 Å². The summed E-state index contributed by atoms with van der Waals surface area (Å²) in [6, 6.07) is 19.1. The molecule has 0 bridgehead atoms. The van der Waals surface area contributed by atoms with E-state index in [-0.39, 0.29) is 11.3 Å². The molecule has 6 nitrogen and oxygen atoms in total. The van der Waals surface area contributed by atoms with Crippen LogP contribution in [-0.4, -0.2) is 30.5 Å². The van der Waals surface area contributed by atoms with Gasteiger partial charge in [-0.05, 0) is 70.2 Å². The molecule has 1 N–H and O–H groups in total. The highest BCUT2D eigenvalue weighted by molar-refractivity contribution is 9.10. The quantitative estimate of drug-likeness (QED) is 0.199. The number of amides is 1. The number of nitrogens with zero attached hydrogens (tertiary/aromatic N) is 1. The summed E-state index contributed by atoms with van der Waals surface area (Å²) in [5, 5.41) is 11.4. The van der Waals surface area contributed by atoms with Crippen LogP contribution in [0, 0.1) is 0 Å². The standard InChI is InChI=1S/C29H28BrNO5/c1-4-15-36-22-8-6-7-21(17-22)31-26(19-11-9-18(5-2)10-12-19)25(28(33)29(31)34)27(32)20-13-14-24(35-3)23(30)16-20/h6-14,16-17,26,32H,4-5,15H2,1-3H3/b27-25+. The molecule has 0 aromatic heterocycles. The molecule has 36 heavy (non-hydrogen) atoms. The zero-order valence-corrected chi connectivity index (χ0v) is 22.0. The van der Waals surface area contributed by atoms with Gasteiger partial charge in [-0.2, -0.15) is 0 Å². The van der Waals surface area contributed by atoms with Gasteiger partial charge in [0.15, 0.2) is 0 Å². The molecule has 1 amide bonds. The summed E-state index contributed by atoms with van der Waals surface area (Å²) in [5.41, 5.74) is 2.80. The van der Waals surface area contributed by atoms with Crippen molar-refractivity contribution in [2.75, 3.05) is 18.6 Å². The molecular formula is C29H28BrNO5. The van der Waals surface area contributed by atoms with E-state index in [1.54, 1.807) is 43.5 Å². The fourth-order valence-corrected chi connectivity index (χ4v) is 4.80. The van der Waals surface area contributed by atoms with E-state index in [1.165, 1.54) is 4.90 Å². The van der Waals surface area contributed by atoms with E-state index >= 15 is 0 Å². The Balaban J connectivity index is 1.89. The van der Waals surface area contributed by atoms with Crippen molar-refractivity contribution in [2.24, 2.45) is 0 Å². The van der Waals surface area contributed by atoms with Crippen LogP contribution in [0.5, 0.6) is 11.5 Å². The molecule has 0 aliphatic carbocycles.